The van der Waals surface area contributed by atoms with E-state index in [-0.39, 0.29) is 6.61 Å². The van der Waals surface area contributed by atoms with Gasteiger partial charge in [-0.05, 0) is 11.8 Å². The van der Waals surface area contributed by atoms with E-state index in [0.29, 0.717) is 11.8 Å². The van der Waals surface area contributed by atoms with Gasteiger partial charge in [0.15, 0.2) is 0 Å². The summed E-state index contributed by atoms with van der Waals surface area (Å²) in [5.41, 5.74) is 0. The monoisotopic (exact) mass is 128 g/mol. The summed E-state index contributed by atoms with van der Waals surface area (Å²) in [5, 5.41) is 8.60. The first-order valence-electron chi connectivity index (χ1n) is 3.46. The highest BCUT2D eigenvalue weighted by Crippen LogP contribution is 1.99. The lowest BCUT2D eigenvalue weighted by Gasteiger charge is -1.99. The van der Waals surface area contributed by atoms with Crippen molar-refractivity contribution in [3.63, 3.8) is 0 Å². The lowest BCUT2D eigenvalue weighted by molar-refractivity contribution is 0.261. The van der Waals surface area contributed by atoms with Crippen LogP contribution in [0.15, 0.2) is 12.2 Å². The van der Waals surface area contributed by atoms with E-state index in [1.54, 1.807) is 0 Å². The van der Waals surface area contributed by atoms with Crippen molar-refractivity contribution in [2.75, 3.05) is 6.61 Å². The van der Waals surface area contributed by atoms with Gasteiger partial charge in [-0.3, -0.25) is 0 Å². The van der Waals surface area contributed by atoms with Gasteiger partial charge >= 0.3 is 0 Å². The Labute approximate surface area is 57.4 Å². The molecule has 1 N–H and O–H groups in total. The molecule has 0 aliphatic rings. The van der Waals surface area contributed by atoms with Crippen LogP contribution < -0.4 is 0 Å². The number of rotatable bonds is 3. The Morgan fingerprint density at radius 2 is 1.78 bits per heavy atom. The van der Waals surface area contributed by atoms with Crippen molar-refractivity contribution >= 4 is 0 Å². The molecule has 54 valence electrons. The van der Waals surface area contributed by atoms with Crippen LogP contribution in [0.5, 0.6) is 0 Å². The average Bonchev–Trinajstić information content (AvgIpc) is 1.83. The van der Waals surface area contributed by atoms with Gasteiger partial charge in [-0.2, -0.15) is 0 Å². The van der Waals surface area contributed by atoms with Crippen molar-refractivity contribution in [1.82, 2.24) is 0 Å². The minimum atomic E-state index is 0.253. The maximum absolute atomic E-state index is 8.60. The number of hydrogen-bond donors (Lipinski definition) is 1. The van der Waals surface area contributed by atoms with Crippen LogP contribution in [0, 0.1) is 11.8 Å². The standard InChI is InChI=1S/C8H16O/c1-7(2)4-5-8(3)6-9/h4-5,7-9H,6H2,1-3H3/b5-4-. The molecule has 0 aliphatic carbocycles. The van der Waals surface area contributed by atoms with Gasteiger partial charge in [0.25, 0.3) is 0 Å². The average molecular weight is 128 g/mol. The molecular formula is C8H16O. The number of hydrogen-bond acceptors (Lipinski definition) is 1. The molecule has 0 aromatic rings. The molecule has 0 aliphatic heterocycles. The van der Waals surface area contributed by atoms with Gasteiger partial charge in [0.05, 0.1) is 0 Å². The molecule has 0 aromatic carbocycles. The van der Waals surface area contributed by atoms with Crippen molar-refractivity contribution in [3.05, 3.63) is 12.2 Å². The van der Waals surface area contributed by atoms with Crippen LogP contribution in [0.4, 0.5) is 0 Å². The molecule has 0 heterocycles. The second kappa shape index (κ2) is 4.57. The molecule has 1 heteroatoms. The Hall–Kier alpha value is -0.300. The van der Waals surface area contributed by atoms with Crippen molar-refractivity contribution in [3.8, 4) is 0 Å². The second-order valence-electron chi connectivity index (χ2n) is 2.79. The van der Waals surface area contributed by atoms with Gasteiger partial charge in [0.1, 0.15) is 0 Å². The summed E-state index contributed by atoms with van der Waals surface area (Å²) in [5.74, 6) is 0.909. The van der Waals surface area contributed by atoms with Gasteiger partial charge in [-0.15, -0.1) is 0 Å². The molecule has 0 saturated heterocycles. The summed E-state index contributed by atoms with van der Waals surface area (Å²) in [6.07, 6.45) is 4.16. The second-order valence-corrected chi connectivity index (χ2v) is 2.79. The van der Waals surface area contributed by atoms with E-state index in [1.165, 1.54) is 0 Å². The van der Waals surface area contributed by atoms with Crippen LogP contribution in [0.2, 0.25) is 0 Å². The Balaban J connectivity index is 3.43. The molecule has 1 unspecified atom stereocenters. The van der Waals surface area contributed by atoms with Gasteiger partial charge in [-0.25, -0.2) is 0 Å². The van der Waals surface area contributed by atoms with Crippen molar-refractivity contribution in [2.24, 2.45) is 11.8 Å². The summed E-state index contributed by atoms with van der Waals surface area (Å²) in [7, 11) is 0. The quantitative estimate of drug-likeness (QED) is 0.575. The summed E-state index contributed by atoms with van der Waals surface area (Å²) in [6, 6.07) is 0. The third-order valence-corrected chi connectivity index (χ3v) is 1.11. The highest BCUT2D eigenvalue weighted by Gasteiger charge is 1.91. The predicted octanol–water partition coefficient (Wildman–Crippen LogP) is 1.83. The molecule has 0 spiro atoms. The molecule has 9 heavy (non-hydrogen) atoms. The third-order valence-electron chi connectivity index (χ3n) is 1.11. The lowest BCUT2D eigenvalue weighted by atomic mass is 10.1. The minimum Gasteiger partial charge on any atom is -0.396 e. The SMILES string of the molecule is CC(C)/C=C\C(C)CO. The molecular weight excluding hydrogens is 112 g/mol. The Morgan fingerprint density at radius 1 is 1.22 bits per heavy atom. The van der Waals surface area contributed by atoms with E-state index in [9.17, 15) is 0 Å². The van der Waals surface area contributed by atoms with E-state index in [1.807, 2.05) is 13.0 Å². The molecule has 0 saturated carbocycles. The zero-order valence-electron chi connectivity index (χ0n) is 6.46. The fourth-order valence-corrected chi connectivity index (χ4v) is 0.473. The summed E-state index contributed by atoms with van der Waals surface area (Å²) >= 11 is 0. The molecule has 0 aromatic heterocycles. The van der Waals surface area contributed by atoms with Crippen molar-refractivity contribution in [2.45, 2.75) is 20.8 Å². The zero-order valence-corrected chi connectivity index (χ0v) is 6.46. The molecule has 1 atom stereocenters. The highest BCUT2D eigenvalue weighted by molar-refractivity contribution is 4.88. The number of aliphatic hydroxyl groups excluding tert-OH is 1. The highest BCUT2D eigenvalue weighted by atomic mass is 16.3. The van der Waals surface area contributed by atoms with Gasteiger partial charge in [-0.1, -0.05) is 32.9 Å². The van der Waals surface area contributed by atoms with E-state index in [2.05, 4.69) is 19.9 Å². The first-order chi connectivity index (χ1) is 4.16. The third kappa shape index (κ3) is 5.57. The topological polar surface area (TPSA) is 20.2 Å². The molecule has 0 amide bonds. The van der Waals surface area contributed by atoms with Crippen LogP contribution >= 0.6 is 0 Å². The van der Waals surface area contributed by atoms with Gasteiger partial charge in [0, 0.05) is 6.61 Å². The smallest absolute Gasteiger partial charge is 0.0491 e. The number of allylic oxidation sites excluding steroid dienone is 1. The molecule has 0 bridgehead atoms. The van der Waals surface area contributed by atoms with Crippen LogP contribution in [0.25, 0.3) is 0 Å². The van der Waals surface area contributed by atoms with E-state index in [4.69, 9.17) is 5.11 Å². The number of aliphatic hydroxyl groups is 1. The Bertz CT molecular complexity index is 84.6. The summed E-state index contributed by atoms with van der Waals surface area (Å²) in [4.78, 5) is 0. The molecule has 1 nitrogen and oxygen atoms in total. The minimum absolute atomic E-state index is 0.253. The fraction of sp³-hybridized carbons (Fsp3) is 0.750. The van der Waals surface area contributed by atoms with Crippen LogP contribution in [0.1, 0.15) is 20.8 Å². The van der Waals surface area contributed by atoms with E-state index >= 15 is 0 Å². The maximum Gasteiger partial charge on any atom is 0.0491 e. The van der Waals surface area contributed by atoms with Crippen molar-refractivity contribution in [1.29, 1.82) is 0 Å². The predicted molar refractivity (Wildman–Crippen MR) is 40.2 cm³/mol. The first-order valence-corrected chi connectivity index (χ1v) is 3.46. The Morgan fingerprint density at radius 3 is 2.11 bits per heavy atom. The summed E-state index contributed by atoms with van der Waals surface area (Å²) in [6.45, 7) is 6.50. The zero-order chi connectivity index (χ0) is 7.28. The van der Waals surface area contributed by atoms with Gasteiger partial charge in [0.2, 0.25) is 0 Å². The maximum atomic E-state index is 8.60. The van der Waals surface area contributed by atoms with Gasteiger partial charge < -0.3 is 5.11 Å². The van der Waals surface area contributed by atoms with E-state index in [0.717, 1.165) is 0 Å². The van der Waals surface area contributed by atoms with Crippen LogP contribution in [-0.2, 0) is 0 Å². The summed E-state index contributed by atoms with van der Waals surface area (Å²) < 4.78 is 0. The van der Waals surface area contributed by atoms with Crippen LogP contribution in [-0.4, -0.2) is 11.7 Å². The van der Waals surface area contributed by atoms with E-state index < -0.39 is 0 Å². The molecule has 0 radical (unpaired) electrons. The first kappa shape index (κ1) is 8.70. The van der Waals surface area contributed by atoms with Crippen molar-refractivity contribution < 1.29 is 5.11 Å². The Kier molecular flexibility index (Phi) is 4.41. The van der Waals surface area contributed by atoms with Crippen LogP contribution in [0.3, 0.4) is 0 Å². The fourth-order valence-electron chi connectivity index (χ4n) is 0.473. The molecule has 0 rings (SSSR count). The normalized spacial score (nSPS) is 15.2. The largest absolute Gasteiger partial charge is 0.396 e. The lowest BCUT2D eigenvalue weighted by Crippen LogP contribution is -1.95. The molecule has 0 fully saturated rings.